The van der Waals surface area contributed by atoms with Gasteiger partial charge in [-0.3, -0.25) is 4.79 Å². The maximum absolute atomic E-state index is 13.0. The van der Waals surface area contributed by atoms with Crippen LogP contribution in [0.5, 0.6) is 0 Å². The summed E-state index contributed by atoms with van der Waals surface area (Å²) in [4.78, 5) is 16.5. The third kappa shape index (κ3) is 4.65. The number of halogens is 3. The minimum Gasteiger partial charge on any atom is -0.368 e. The maximum Gasteiger partial charge on any atom is 0.223 e. The lowest BCUT2D eigenvalue weighted by Crippen LogP contribution is -2.48. The van der Waals surface area contributed by atoms with Crippen molar-refractivity contribution in [3.63, 3.8) is 0 Å². The van der Waals surface area contributed by atoms with Crippen LogP contribution in [0.25, 0.3) is 0 Å². The van der Waals surface area contributed by atoms with Gasteiger partial charge in [-0.15, -0.1) is 0 Å². The lowest BCUT2D eigenvalue weighted by atomic mass is 10.1. The van der Waals surface area contributed by atoms with Gasteiger partial charge in [0.1, 0.15) is 5.82 Å². The molecule has 0 unspecified atom stereocenters. The van der Waals surface area contributed by atoms with Crippen molar-refractivity contribution in [1.29, 1.82) is 0 Å². The number of rotatable bonds is 4. The zero-order chi connectivity index (χ0) is 17.8. The fraction of sp³-hybridized carbons (Fsp3) is 0.316. The molecule has 1 amide bonds. The van der Waals surface area contributed by atoms with E-state index in [0.717, 1.165) is 24.3 Å². The summed E-state index contributed by atoms with van der Waals surface area (Å²) in [6, 6.07) is 11.9. The number of benzene rings is 2. The molecule has 1 heterocycles. The third-order valence-electron chi connectivity index (χ3n) is 4.44. The summed E-state index contributed by atoms with van der Waals surface area (Å²) < 4.78 is 13.0. The Labute approximate surface area is 156 Å². The van der Waals surface area contributed by atoms with Crippen LogP contribution in [0, 0.1) is 5.82 Å². The predicted molar refractivity (Wildman–Crippen MR) is 100.0 cm³/mol. The molecule has 1 fully saturated rings. The Morgan fingerprint density at radius 1 is 0.960 bits per heavy atom. The number of amides is 1. The van der Waals surface area contributed by atoms with Crippen LogP contribution in [-0.2, 0) is 11.2 Å². The first-order valence-electron chi connectivity index (χ1n) is 8.25. The highest BCUT2D eigenvalue weighted by Crippen LogP contribution is 2.23. The quantitative estimate of drug-likeness (QED) is 0.783. The van der Waals surface area contributed by atoms with Crippen LogP contribution in [0.4, 0.5) is 10.1 Å². The minimum atomic E-state index is -0.236. The summed E-state index contributed by atoms with van der Waals surface area (Å²) >= 11 is 11.9. The number of carbonyl (C=O) groups excluding carboxylic acids is 1. The average Bonchev–Trinajstić information content (AvgIpc) is 2.63. The highest BCUT2D eigenvalue weighted by Gasteiger charge is 2.21. The Morgan fingerprint density at radius 3 is 2.28 bits per heavy atom. The summed E-state index contributed by atoms with van der Waals surface area (Å²) in [5.74, 6) is -0.0929. The smallest absolute Gasteiger partial charge is 0.223 e. The maximum atomic E-state index is 13.0. The molecule has 3 nitrogen and oxygen atoms in total. The van der Waals surface area contributed by atoms with Crippen molar-refractivity contribution in [1.82, 2.24) is 4.90 Å². The summed E-state index contributed by atoms with van der Waals surface area (Å²) in [5.41, 5.74) is 2.00. The topological polar surface area (TPSA) is 23.6 Å². The molecule has 2 aromatic carbocycles. The van der Waals surface area contributed by atoms with E-state index in [9.17, 15) is 9.18 Å². The molecule has 0 aromatic heterocycles. The molecule has 1 aliphatic heterocycles. The molecule has 0 bridgehead atoms. The fourth-order valence-electron chi connectivity index (χ4n) is 2.97. The van der Waals surface area contributed by atoms with E-state index < -0.39 is 0 Å². The van der Waals surface area contributed by atoms with Gasteiger partial charge in [0.2, 0.25) is 5.91 Å². The second kappa shape index (κ2) is 8.07. The number of hydrogen-bond acceptors (Lipinski definition) is 2. The highest BCUT2D eigenvalue weighted by molar-refractivity contribution is 6.42. The van der Waals surface area contributed by atoms with Crippen molar-refractivity contribution >= 4 is 34.8 Å². The first kappa shape index (κ1) is 18.0. The molecule has 132 valence electrons. The van der Waals surface area contributed by atoms with E-state index in [-0.39, 0.29) is 11.7 Å². The van der Waals surface area contributed by atoms with E-state index in [1.807, 2.05) is 17.0 Å². The van der Waals surface area contributed by atoms with Crippen LogP contribution in [0.1, 0.15) is 12.0 Å². The standard InChI is InChI=1S/C19H19Cl2FN2O/c20-17-7-1-14(13-18(17)21)2-8-19(25)24-11-9-23(10-12-24)16-5-3-15(22)4-6-16/h1,3-7,13H,2,8-12H2. The van der Waals surface area contributed by atoms with Gasteiger partial charge < -0.3 is 9.80 Å². The van der Waals surface area contributed by atoms with Crippen molar-refractivity contribution in [3.8, 4) is 0 Å². The van der Waals surface area contributed by atoms with Crippen molar-refractivity contribution in [3.05, 3.63) is 63.9 Å². The number of anilines is 1. The second-order valence-corrected chi connectivity index (χ2v) is 6.91. The van der Waals surface area contributed by atoms with Crippen molar-refractivity contribution in [2.45, 2.75) is 12.8 Å². The van der Waals surface area contributed by atoms with Gasteiger partial charge in [-0.25, -0.2) is 4.39 Å². The normalized spacial score (nSPS) is 14.7. The van der Waals surface area contributed by atoms with Crippen LogP contribution in [0.15, 0.2) is 42.5 Å². The van der Waals surface area contributed by atoms with Crippen LogP contribution < -0.4 is 4.90 Å². The number of hydrogen-bond donors (Lipinski definition) is 0. The molecule has 2 aromatic rings. The van der Waals surface area contributed by atoms with E-state index >= 15 is 0 Å². The summed E-state index contributed by atoms with van der Waals surface area (Å²) in [6.07, 6.45) is 1.10. The van der Waals surface area contributed by atoms with Gasteiger partial charge >= 0.3 is 0 Å². The number of aryl methyl sites for hydroxylation is 1. The van der Waals surface area contributed by atoms with Gasteiger partial charge in [0.15, 0.2) is 0 Å². The zero-order valence-corrected chi connectivity index (χ0v) is 15.2. The lowest BCUT2D eigenvalue weighted by molar-refractivity contribution is -0.131. The number of carbonyl (C=O) groups is 1. The number of piperazine rings is 1. The average molecular weight is 381 g/mol. The first-order valence-corrected chi connectivity index (χ1v) is 9.01. The molecule has 0 saturated carbocycles. The van der Waals surface area contributed by atoms with Crippen molar-refractivity contribution < 1.29 is 9.18 Å². The predicted octanol–water partition coefficient (Wildman–Crippen LogP) is 4.41. The van der Waals surface area contributed by atoms with E-state index in [1.165, 1.54) is 12.1 Å². The first-order chi connectivity index (χ1) is 12.0. The Balaban J connectivity index is 1.49. The molecule has 0 radical (unpaired) electrons. The van der Waals surface area contributed by atoms with Crippen LogP contribution in [0.2, 0.25) is 10.0 Å². The highest BCUT2D eigenvalue weighted by atomic mass is 35.5. The van der Waals surface area contributed by atoms with Gasteiger partial charge in [0.05, 0.1) is 10.0 Å². The second-order valence-electron chi connectivity index (χ2n) is 6.09. The van der Waals surface area contributed by atoms with Gasteiger partial charge in [-0.2, -0.15) is 0 Å². The lowest BCUT2D eigenvalue weighted by Gasteiger charge is -2.36. The molecule has 0 spiro atoms. The molecule has 6 heteroatoms. The largest absolute Gasteiger partial charge is 0.368 e. The molecule has 1 saturated heterocycles. The molecule has 0 aliphatic carbocycles. The fourth-order valence-corrected chi connectivity index (χ4v) is 3.29. The Bertz CT molecular complexity index is 744. The molecule has 0 atom stereocenters. The van der Waals surface area contributed by atoms with E-state index in [0.29, 0.717) is 36.0 Å². The molecular weight excluding hydrogens is 362 g/mol. The zero-order valence-electron chi connectivity index (χ0n) is 13.7. The van der Waals surface area contributed by atoms with Crippen molar-refractivity contribution in [2.24, 2.45) is 0 Å². The van der Waals surface area contributed by atoms with E-state index in [1.54, 1.807) is 18.2 Å². The SMILES string of the molecule is O=C(CCc1ccc(Cl)c(Cl)c1)N1CCN(c2ccc(F)cc2)CC1. The van der Waals surface area contributed by atoms with Gasteiger partial charge in [0, 0.05) is 38.3 Å². The van der Waals surface area contributed by atoms with Crippen molar-refractivity contribution in [2.75, 3.05) is 31.1 Å². The van der Waals surface area contributed by atoms with Gasteiger partial charge in [0.25, 0.3) is 0 Å². The van der Waals surface area contributed by atoms with E-state index in [4.69, 9.17) is 23.2 Å². The van der Waals surface area contributed by atoms with E-state index in [2.05, 4.69) is 4.90 Å². The third-order valence-corrected chi connectivity index (χ3v) is 5.17. The minimum absolute atomic E-state index is 0.143. The molecule has 3 rings (SSSR count). The van der Waals surface area contributed by atoms with Crippen LogP contribution in [0.3, 0.4) is 0 Å². The summed E-state index contributed by atoms with van der Waals surface area (Å²) in [7, 11) is 0. The summed E-state index contributed by atoms with van der Waals surface area (Å²) in [6.45, 7) is 2.86. The van der Waals surface area contributed by atoms with Crippen LogP contribution >= 0.6 is 23.2 Å². The molecular formula is C19H19Cl2FN2O. The summed E-state index contributed by atoms with van der Waals surface area (Å²) in [5, 5.41) is 1.04. The van der Waals surface area contributed by atoms with Crippen LogP contribution in [-0.4, -0.2) is 37.0 Å². The molecule has 25 heavy (non-hydrogen) atoms. The van der Waals surface area contributed by atoms with Gasteiger partial charge in [-0.05, 0) is 48.4 Å². The Kier molecular flexibility index (Phi) is 5.82. The Morgan fingerprint density at radius 2 is 1.64 bits per heavy atom. The monoisotopic (exact) mass is 380 g/mol. The van der Waals surface area contributed by atoms with Gasteiger partial charge in [-0.1, -0.05) is 29.3 Å². The molecule has 0 N–H and O–H groups in total. The molecule has 1 aliphatic rings. The number of nitrogens with zero attached hydrogens (tertiary/aromatic N) is 2. The Hall–Kier alpha value is -1.78.